The second kappa shape index (κ2) is 4.38. The maximum absolute atomic E-state index is 5.84. The van der Waals surface area contributed by atoms with Gasteiger partial charge < -0.3 is 19.2 Å². The summed E-state index contributed by atoms with van der Waals surface area (Å²) in [6.45, 7) is 2.01. The molecule has 0 saturated carbocycles. The molecule has 1 aliphatic heterocycles. The van der Waals surface area contributed by atoms with Gasteiger partial charge in [0, 0.05) is 11.8 Å². The first-order valence-electron chi connectivity index (χ1n) is 5.36. The second-order valence-corrected chi connectivity index (χ2v) is 4.41. The van der Waals surface area contributed by atoms with Crippen LogP contribution in [0.15, 0.2) is 22.6 Å². The molecule has 18 heavy (non-hydrogen) atoms. The van der Waals surface area contributed by atoms with Gasteiger partial charge in [-0.15, -0.1) is 16.7 Å². The first-order chi connectivity index (χ1) is 8.72. The maximum Gasteiger partial charge on any atom is 0.320 e. The van der Waals surface area contributed by atoms with Gasteiger partial charge in [-0.2, -0.15) is 0 Å². The number of benzene rings is 1. The molecule has 2 heterocycles. The molecule has 0 spiro atoms. The molecular formula is C11H10ClN3O3. The van der Waals surface area contributed by atoms with Crippen LogP contribution in [-0.4, -0.2) is 17.0 Å². The molecule has 1 aromatic heterocycles. The van der Waals surface area contributed by atoms with Gasteiger partial charge in [-0.3, -0.25) is 0 Å². The van der Waals surface area contributed by atoms with Crippen LogP contribution in [0.5, 0.6) is 11.5 Å². The van der Waals surface area contributed by atoms with Gasteiger partial charge in [-0.25, -0.2) is 0 Å². The number of aromatic nitrogens is 2. The Morgan fingerprint density at radius 3 is 2.89 bits per heavy atom. The van der Waals surface area contributed by atoms with E-state index in [-0.39, 0.29) is 18.2 Å². The molecule has 6 nitrogen and oxygen atoms in total. The van der Waals surface area contributed by atoms with Crippen molar-refractivity contribution in [3.8, 4) is 11.5 Å². The SMILES string of the molecule is CC(Cl)c1nnc(Nc2ccc3c(c2)OCO3)o1. The van der Waals surface area contributed by atoms with Gasteiger partial charge in [0.25, 0.3) is 0 Å². The quantitative estimate of drug-likeness (QED) is 0.863. The topological polar surface area (TPSA) is 69.4 Å². The average Bonchev–Trinajstić information content (AvgIpc) is 2.96. The molecule has 0 bridgehead atoms. The lowest BCUT2D eigenvalue weighted by molar-refractivity contribution is 0.174. The van der Waals surface area contributed by atoms with E-state index in [0.29, 0.717) is 11.6 Å². The van der Waals surface area contributed by atoms with Gasteiger partial charge >= 0.3 is 6.01 Å². The highest BCUT2D eigenvalue weighted by Gasteiger charge is 2.15. The predicted octanol–water partition coefficient (Wildman–Crippen LogP) is 2.84. The monoisotopic (exact) mass is 267 g/mol. The highest BCUT2D eigenvalue weighted by molar-refractivity contribution is 6.20. The van der Waals surface area contributed by atoms with Gasteiger partial charge in [0.1, 0.15) is 5.38 Å². The third-order valence-corrected chi connectivity index (χ3v) is 2.59. The minimum absolute atomic E-state index is 0.243. The second-order valence-electron chi connectivity index (χ2n) is 3.75. The molecule has 1 unspecified atom stereocenters. The highest BCUT2D eigenvalue weighted by Crippen LogP contribution is 2.35. The van der Waals surface area contributed by atoms with Crippen LogP contribution >= 0.6 is 11.6 Å². The number of nitrogens with one attached hydrogen (secondary N) is 1. The molecule has 0 fully saturated rings. The first-order valence-corrected chi connectivity index (χ1v) is 5.80. The summed E-state index contributed by atoms with van der Waals surface area (Å²) >= 11 is 5.84. The lowest BCUT2D eigenvalue weighted by atomic mass is 10.3. The summed E-state index contributed by atoms with van der Waals surface area (Å²) in [6, 6.07) is 5.74. The van der Waals surface area contributed by atoms with Crippen molar-refractivity contribution in [3.05, 3.63) is 24.1 Å². The van der Waals surface area contributed by atoms with E-state index in [2.05, 4.69) is 15.5 Å². The zero-order valence-corrected chi connectivity index (χ0v) is 10.3. The van der Waals surface area contributed by atoms with Gasteiger partial charge in [0.15, 0.2) is 11.5 Å². The average molecular weight is 268 g/mol. The number of halogens is 1. The molecule has 0 amide bonds. The molecule has 7 heteroatoms. The molecule has 1 atom stereocenters. The summed E-state index contributed by atoms with van der Waals surface area (Å²) in [5.74, 6) is 1.78. The Balaban J connectivity index is 1.79. The molecule has 94 valence electrons. The zero-order chi connectivity index (χ0) is 12.5. The van der Waals surface area contributed by atoms with Crippen molar-refractivity contribution in [1.29, 1.82) is 0 Å². The minimum Gasteiger partial charge on any atom is -0.454 e. The Labute approximate surface area is 108 Å². The molecule has 0 radical (unpaired) electrons. The molecule has 0 aliphatic carbocycles. The van der Waals surface area contributed by atoms with Gasteiger partial charge in [0.2, 0.25) is 12.7 Å². The maximum atomic E-state index is 5.84. The van der Waals surface area contributed by atoms with Crippen molar-refractivity contribution < 1.29 is 13.9 Å². The summed E-state index contributed by atoms with van der Waals surface area (Å²) < 4.78 is 15.8. The predicted molar refractivity (Wildman–Crippen MR) is 64.4 cm³/mol. The van der Waals surface area contributed by atoms with Crippen LogP contribution in [-0.2, 0) is 0 Å². The molecule has 2 aromatic rings. The molecule has 1 aromatic carbocycles. The van der Waals surface area contributed by atoms with Crippen LogP contribution in [0.3, 0.4) is 0 Å². The van der Waals surface area contributed by atoms with E-state index in [1.807, 2.05) is 12.1 Å². The Kier molecular flexibility index (Phi) is 2.71. The number of ether oxygens (including phenoxy) is 2. The number of fused-ring (bicyclic) bond motifs is 1. The Morgan fingerprint density at radius 2 is 2.11 bits per heavy atom. The molecular weight excluding hydrogens is 258 g/mol. The number of anilines is 2. The number of rotatable bonds is 3. The Morgan fingerprint density at radius 1 is 1.28 bits per heavy atom. The van der Waals surface area contributed by atoms with Crippen molar-refractivity contribution in [2.75, 3.05) is 12.1 Å². The van der Waals surface area contributed by atoms with Crippen LogP contribution in [0.1, 0.15) is 18.2 Å². The van der Waals surface area contributed by atoms with Crippen molar-refractivity contribution >= 4 is 23.3 Å². The van der Waals surface area contributed by atoms with E-state index in [0.717, 1.165) is 11.4 Å². The van der Waals surface area contributed by atoms with Crippen LogP contribution in [0.25, 0.3) is 0 Å². The van der Waals surface area contributed by atoms with E-state index >= 15 is 0 Å². The third kappa shape index (κ3) is 2.06. The fraction of sp³-hybridized carbons (Fsp3) is 0.273. The Hall–Kier alpha value is -1.95. The number of hydrogen-bond donors (Lipinski definition) is 1. The first kappa shape index (κ1) is 11.2. The van der Waals surface area contributed by atoms with Gasteiger partial charge in [0.05, 0.1) is 0 Å². The van der Waals surface area contributed by atoms with Crippen molar-refractivity contribution in [2.45, 2.75) is 12.3 Å². The summed E-state index contributed by atoms with van der Waals surface area (Å²) in [5.41, 5.74) is 0.775. The number of hydrogen-bond acceptors (Lipinski definition) is 6. The molecule has 0 saturated heterocycles. The normalized spacial score (nSPS) is 14.6. The van der Waals surface area contributed by atoms with E-state index < -0.39 is 0 Å². The Bertz CT molecular complexity index is 570. The lowest BCUT2D eigenvalue weighted by Gasteiger charge is -2.02. The zero-order valence-electron chi connectivity index (χ0n) is 9.51. The largest absolute Gasteiger partial charge is 0.454 e. The van der Waals surface area contributed by atoms with Gasteiger partial charge in [-0.1, -0.05) is 5.10 Å². The number of nitrogens with zero attached hydrogens (tertiary/aromatic N) is 2. The van der Waals surface area contributed by atoms with Crippen LogP contribution < -0.4 is 14.8 Å². The third-order valence-electron chi connectivity index (χ3n) is 2.40. The fourth-order valence-electron chi connectivity index (χ4n) is 1.54. The highest BCUT2D eigenvalue weighted by atomic mass is 35.5. The van der Waals surface area contributed by atoms with E-state index in [1.165, 1.54) is 0 Å². The van der Waals surface area contributed by atoms with E-state index in [1.54, 1.807) is 13.0 Å². The smallest absolute Gasteiger partial charge is 0.320 e. The summed E-state index contributed by atoms with van der Waals surface area (Å²) in [4.78, 5) is 0. The van der Waals surface area contributed by atoms with E-state index in [9.17, 15) is 0 Å². The molecule has 1 aliphatic rings. The van der Waals surface area contributed by atoms with Gasteiger partial charge in [-0.05, 0) is 19.1 Å². The summed E-state index contributed by atoms with van der Waals surface area (Å²) in [7, 11) is 0. The van der Waals surface area contributed by atoms with E-state index in [4.69, 9.17) is 25.5 Å². The lowest BCUT2D eigenvalue weighted by Crippen LogP contribution is -1.93. The van der Waals surface area contributed by atoms with Crippen LogP contribution in [0, 0.1) is 0 Å². The minimum atomic E-state index is -0.315. The standard InChI is InChI=1S/C11H10ClN3O3/c1-6(12)10-14-15-11(18-10)13-7-2-3-8-9(4-7)17-5-16-8/h2-4,6H,5H2,1H3,(H,13,15). The fourth-order valence-corrected chi connectivity index (χ4v) is 1.63. The van der Waals surface area contributed by atoms with Crippen LogP contribution in [0.4, 0.5) is 11.7 Å². The van der Waals surface area contributed by atoms with Crippen molar-refractivity contribution in [2.24, 2.45) is 0 Å². The van der Waals surface area contributed by atoms with Crippen molar-refractivity contribution in [1.82, 2.24) is 10.2 Å². The van der Waals surface area contributed by atoms with Crippen molar-refractivity contribution in [3.63, 3.8) is 0 Å². The molecule has 1 N–H and O–H groups in total. The summed E-state index contributed by atoms with van der Waals surface area (Å²) in [5, 5.41) is 10.3. The molecule has 3 rings (SSSR count). The van der Waals surface area contributed by atoms with Crippen LogP contribution in [0.2, 0.25) is 0 Å². The number of alkyl halides is 1. The summed E-state index contributed by atoms with van der Waals surface area (Å²) in [6.07, 6.45) is 0.